The van der Waals surface area contributed by atoms with E-state index in [1.807, 2.05) is 17.5 Å². The molecule has 1 aromatic heterocycles. The smallest absolute Gasteiger partial charge is 0.227 e. The lowest BCUT2D eigenvalue weighted by atomic mass is 10.1. The Morgan fingerprint density at radius 1 is 1.25 bits per heavy atom. The van der Waals surface area contributed by atoms with Crippen molar-refractivity contribution < 1.29 is 4.79 Å². The number of rotatable bonds is 4. The van der Waals surface area contributed by atoms with E-state index in [2.05, 4.69) is 15.9 Å². The van der Waals surface area contributed by atoms with Gasteiger partial charge in [0.05, 0.1) is 20.3 Å². The molecule has 1 aromatic carbocycles. The SMILES string of the molecule is CN(Cc1csc(Br)c1)C(=O)Cc1ccc(Cl)c(Cl)c1. The monoisotopic (exact) mass is 391 g/mol. The molecular formula is C14H12BrCl2NOS. The van der Waals surface area contributed by atoms with Crippen LogP contribution in [0.5, 0.6) is 0 Å². The molecule has 0 saturated heterocycles. The molecule has 6 heteroatoms. The molecule has 0 fully saturated rings. The highest BCUT2D eigenvalue weighted by Crippen LogP contribution is 2.24. The Balaban J connectivity index is 1.98. The minimum atomic E-state index is 0.0470. The van der Waals surface area contributed by atoms with Crippen LogP contribution in [-0.2, 0) is 17.8 Å². The van der Waals surface area contributed by atoms with Crippen LogP contribution in [0.25, 0.3) is 0 Å². The van der Waals surface area contributed by atoms with Crippen LogP contribution in [0.15, 0.2) is 33.4 Å². The van der Waals surface area contributed by atoms with E-state index in [0.29, 0.717) is 23.0 Å². The van der Waals surface area contributed by atoms with Crippen LogP contribution < -0.4 is 0 Å². The van der Waals surface area contributed by atoms with Crippen LogP contribution in [0.2, 0.25) is 10.0 Å². The molecule has 0 unspecified atom stereocenters. The number of benzene rings is 1. The van der Waals surface area contributed by atoms with E-state index >= 15 is 0 Å². The zero-order valence-electron chi connectivity index (χ0n) is 10.7. The first kappa shape index (κ1) is 15.8. The minimum absolute atomic E-state index is 0.0470. The fourth-order valence-corrected chi connectivity index (χ4v) is 3.27. The first-order valence-electron chi connectivity index (χ1n) is 5.86. The molecule has 0 N–H and O–H groups in total. The summed E-state index contributed by atoms with van der Waals surface area (Å²) in [7, 11) is 1.80. The van der Waals surface area contributed by atoms with E-state index < -0.39 is 0 Å². The Labute approximate surface area is 140 Å². The summed E-state index contributed by atoms with van der Waals surface area (Å²) in [5, 5.41) is 3.01. The first-order valence-corrected chi connectivity index (χ1v) is 8.29. The second kappa shape index (κ2) is 6.94. The maximum atomic E-state index is 12.2. The summed E-state index contributed by atoms with van der Waals surface area (Å²) in [6, 6.07) is 7.29. The van der Waals surface area contributed by atoms with Gasteiger partial charge in [0.25, 0.3) is 0 Å². The number of hydrogen-bond acceptors (Lipinski definition) is 2. The third kappa shape index (κ3) is 4.22. The summed E-state index contributed by atoms with van der Waals surface area (Å²) in [5.74, 6) is 0.0470. The molecule has 0 aliphatic heterocycles. The van der Waals surface area contributed by atoms with Crippen LogP contribution >= 0.6 is 50.5 Å². The summed E-state index contributed by atoms with van der Waals surface area (Å²) in [6.45, 7) is 0.599. The fourth-order valence-electron chi connectivity index (χ4n) is 1.75. The quantitative estimate of drug-likeness (QED) is 0.715. The van der Waals surface area contributed by atoms with Gasteiger partial charge in [0, 0.05) is 13.6 Å². The predicted molar refractivity (Wildman–Crippen MR) is 88.7 cm³/mol. The van der Waals surface area contributed by atoms with E-state index in [4.69, 9.17) is 23.2 Å². The molecule has 2 rings (SSSR count). The molecule has 0 aliphatic rings. The molecule has 0 radical (unpaired) electrons. The van der Waals surface area contributed by atoms with Gasteiger partial charge in [0.1, 0.15) is 0 Å². The zero-order valence-corrected chi connectivity index (χ0v) is 14.6. The van der Waals surface area contributed by atoms with E-state index in [0.717, 1.165) is 14.9 Å². The Morgan fingerprint density at radius 2 is 2.00 bits per heavy atom. The number of halogens is 3. The lowest BCUT2D eigenvalue weighted by Crippen LogP contribution is -2.27. The Morgan fingerprint density at radius 3 is 2.60 bits per heavy atom. The number of carbonyl (C=O) groups is 1. The van der Waals surface area contributed by atoms with Crippen LogP contribution in [-0.4, -0.2) is 17.9 Å². The van der Waals surface area contributed by atoms with Crippen LogP contribution in [0, 0.1) is 0 Å². The van der Waals surface area contributed by atoms with E-state index in [9.17, 15) is 4.79 Å². The van der Waals surface area contributed by atoms with Gasteiger partial charge in [-0.3, -0.25) is 4.79 Å². The van der Waals surface area contributed by atoms with E-state index in [1.54, 1.807) is 35.4 Å². The predicted octanol–water partition coefficient (Wildman–Crippen LogP) is 5.02. The first-order chi connectivity index (χ1) is 9.45. The number of likely N-dealkylation sites (N-methyl/N-ethyl adjacent to an activating group) is 1. The van der Waals surface area contributed by atoms with Gasteiger partial charge < -0.3 is 4.90 Å². The molecule has 2 aromatic rings. The second-order valence-corrected chi connectivity index (χ2v) is 7.54. The third-order valence-corrected chi connectivity index (χ3v) is 5.10. The Hall–Kier alpha value is -0.550. The molecule has 0 atom stereocenters. The van der Waals surface area contributed by atoms with Crippen molar-refractivity contribution in [2.75, 3.05) is 7.05 Å². The van der Waals surface area contributed by atoms with Crippen molar-refractivity contribution in [3.63, 3.8) is 0 Å². The fraction of sp³-hybridized carbons (Fsp3) is 0.214. The summed E-state index contributed by atoms with van der Waals surface area (Å²) < 4.78 is 1.07. The standard InChI is InChI=1S/C14H12BrCl2NOS/c1-18(7-10-5-13(15)20-8-10)14(19)6-9-2-3-11(16)12(17)4-9/h2-5,8H,6-7H2,1H3. The summed E-state index contributed by atoms with van der Waals surface area (Å²) in [6.07, 6.45) is 0.318. The third-order valence-electron chi connectivity index (χ3n) is 2.81. The van der Waals surface area contributed by atoms with Crippen molar-refractivity contribution in [2.45, 2.75) is 13.0 Å². The highest BCUT2D eigenvalue weighted by Gasteiger charge is 2.12. The second-order valence-electron chi connectivity index (χ2n) is 4.43. The molecule has 2 nitrogen and oxygen atoms in total. The molecule has 20 heavy (non-hydrogen) atoms. The van der Waals surface area contributed by atoms with Crippen molar-refractivity contribution in [3.05, 3.63) is 54.6 Å². The maximum absolute atomic E-state index is 12.2. The van der Waals surface area contributed by atoms with Crippen LogP contribution in [0.3, 0.4) is 0 Å². The average Bonchev–Trinajstić information content (AvgIpc) is 2.79. The van der Waals surface area contributed by atoms with Gasteiger partial charge in [-0.05, 0) is 50.6 Å². The van der Waals surface area contributed by atoms with Crippen molar-refractivity contribution in [1.82, 2.24) is 4.90 Å². The normalized spacial score (nSPS) is 10.6. The van der Waals surface area contributed by atoms with Gasteiger partial charge in [-0.2, -0.15) is 0 Å². The van der Waals surface area contributed by atoms with Crippen LogP contribution in [0.4, 0.5) is 0 Å². The molecule has 106 valence electrons. The zero-order chi connectivity index (χ0) is 14.7. The molecule has 0 spiro atoms. The van der Waals surface area contributed by atoms with Crippen molar-refractivity contribution in [3.8, 4) is 0 Å². The lowest BCUT2D eigenvalue weighted by molar-refractivity contribution is -0.129. The topological polar surface area (TPSA) is 20.3 Å². The number of amides is 1. The van der Waals surface area contributed by atoms with E-state index in [1.165, 1.54) is 0 Å². The number of hydrogen-bond donors (Lipinski definition) is 0. The summed E-state index contributed by atoms with van der Waals surface area (Å²) in [5.41, 5.74) is 1.98. The van der Waals surface area contributed by atoms with Crippen molar-refractivity contribution in [2.24, 2.45) is 0 Å². The molecule has 0 saturated carbocycles. The molecule has 1 amide bonds. The highest BCUT2D eigenvalue weighted by molar-refractivity contribution is 9.11. The van der Waals surface area contributed by atoms with Gasteiger partial charge in [0.15, 0.2) is 0 Å². The number of carbonyl (C=O) groups excluding carboxylic acids is 1. The average molecular weight is 393 g/mol. The van der Waals surface area contributed by atoms with Gasteiger partial charge in [-0.1, -0.05) is 29.3 Å². The van der Waals surface area contributed by atoms with Gasteiger partial charge in [-0.25, -0.2) is 0 Å². The van der Waals surface area contributed by atoms with Gasteiger partial charge in [-0.15, -0.1) is 11.3 Å². The minimum Gasteiger partial charge on any atom is -0.341 e. The van der Waals surface area contributed by atoms with Gasteiger partial charge in [0.2, 0.25) is 5.91 Å². The number of thiophene rings is 1. The summed E-state index contributed by atoms with van der Waals surface area (Å²) >= 11 is 16.8. The van der Waals surface area contributed by atoms with Crippen LogP contribution in [0.1, 0.15) is 11.1 Å². The Bertz CT molecular complexity index is 629. The van der Waals surface area contributed by atoms with Crippen molar-refractivity contribution in [1.29, 1.82) is 0 Å². The highest BCUT2D eigenvalue weighted by atomic mass is 79.9. The molecule has 1 heterocycles. The largest absolute Gasteiger partial charge is 0.341 e. The van der Waals surface area contributed by atoms with Gasteiger partial charge >= 0.3 is 0 Å². The Kier molecular flexibility index (Phi) is 5.49. The maximum Gasteiger partial charge on any atom is 0.227 e. The van der Waals surface area contributed by atoms with Crippen molar-refractivity contribution >= 4 is 56.4 Å². The van der Waals surface area contributed by atoms with E-state index in [-0.39, 0.29) is 5.91 Å². The number of nitrogens with zero attached hydrogens (tertiary/aromatic N) is 1. The molecule has 0 bridgehead atoms. The summed E-state index contributed by atoms with van der Waals surface area (Å²) in [4.78, 5) is 13.9. The molecule has 0 aliphatic carbocycles. The molecular weight excluding hydrogens is 381 g/mol. The lowest BCUT2D eigenvalue weighted by Gasteiger charge is -2.16.